The van der Waals surface area contributed by atoms with Crippen molar-refractivity contribution in [1.82, 2.24) is 9.80 Å². The van der Waals surface area contributed by atoms with Crippen LogP contribution in [0.1, 0.15) is 0 Å². The molecule has 0 spiro atoms. The number of piperazine rings is 1. The summed E-state index contributed by atoms with van der Waals surface area (Å²) in [5, 5.41) is 1.70. The molecule has 2 aromatic carbocycles. The molecule has 3 rings (SSSR count). The Balaban J connectivity index is 1.61. The first kappa shape index (κ1) is 25.7. The average molecular weight is 544 g/mol. The number of halogens is 4. The molecule has 0 aliphatic carbocycles. The first-order valence-corrected chi connectivity index (χ1v) is 11.4. The molecule has 0 atom stereocenters. The number of hydrogen-bond acceptors (Lipinski definition) is 2. The van der Waals surface area contributed by atoms with Crippen LogP contribution in [0.3, 0.4) is 0 Å². The van der Waals surface area contributed by atoms with Gasteiger partial charge in [-0.3, -0.25) is 0 Å². The molecule has 1 heterocycles. The fourth-order valence-electron chi connectivity index (χ4n) is 2.98. The van der Waals surface area contributed by atoms with E-state index in [0.717, 1.165) is 0 Å². The SMILES string of the molecule is NC(=Nc1ccc(Cl)cc1Cl)N=C(N)N1CCN(C(N)=NC(N)=Nc2ccc(Cl)cc2Cl)CC1. The van der Waals surface area contributed by atoms with Gasteiger partial charge in [0.25, 0.3) is 0 Å². The summed E-state index contributed by atoms with van der Waals surface area (Å²) in [6.07, 6.45) is 0. The Morgan fingerprint density at radius 1 is 0.618 bits per heavy atom. The highest BCUT2D eigenvalue weighted by Crippen LogP contribution is 2.28. The van der Waals surface area contributed by atoms with E-state index in [1.165, 1.54) is 0 Å². The molecule has 1 aliphatic heterocycles. The Bertz CT molecular complexity index is 1080. The maximum atomic E-state index is 6.10. The zero-order valence-corrected chi connectivity index (χ0v) is 20.8. The van der Waals surface area contributed by atoms with Gasteiger partial charge in [-0.15, -0.1) is 0 Å². The van der Waals surface area contributed by atoms with E-state index >= 15 is 0 Å². The predicted octanol–water partition coefficient (Wildman–Crippen LogP) is 3.14. The number of hydrogen-bond donors (Lipinski definition) is 4. The van der Waals surface area contributed by atoms with Gasteiger partial charge >= 0.3 is 0 Å². The Hall–Kier alpha value is -2.92. The van der Waals surface area contributed by atoms with Gasteiger partial charge in [0, 0.05) is 36.2 Å². The van der Waals surface area contributed by atoms with Crippen LogP contribution in [-0.2, 0) is 0 Å². The molecule has 0 radical (unpaired) electrons. The highest BCUT2D eigenvalue weighted by molar-refractivity contribution is 6.36. The van der Waals surface area contributed by atoms with Crippen molar-refractivity contribution < 1.29 is 0 Å². The van der Waals surface area contributed by atoms with E-state index < -0.39 is 0 Å². The van der Waals surface area contributed by atoms with Gasteiger partial charge in [0.1, 0.15) is 0 Å². The zero-order chi connectivity index (χ0) is 24.8. The van der Waals surface area contributed by atoms with Crippen molar-refractivity contribution in [2.45, 2.75) is 0 Å². The van der Waals surface area contributed by atoms with Gasteiger partial charge in [0.05, 0.1) is 21.4 Å². The number of benzene rings is 2. The second-order valence-corrected chi connectivity index (χ2v) is 8.73. The van der Waals surface area contributed by atoms with Gasteiger partial charge in [-0.05, 0) is 36.4 Å². The van der Waals surface area contributed by atoms with Crippen LogP contribution in [0.4, 0.5) is 11.4 Å². The predicted molar refractivity (Wildman–Crippen MR) is 142 cm³/mol. The summed E-state index contributed by atoms with van der Waals surface area (Å²) in [4.78, 5) is 20.3. The lowest BCUT2D eigenvalue weighted by molar-refractivity contribution is 0.255. The van der Waals surface area contributed by atoms with Crippen LogP contribution in [0.15, 0.2) is 56.4 Å². The van der Waals surface area contributed by atoms with Crippen LogP contribution < -0.4 is 22.9 Å². The topological polar surface area (TPSA) is 160 Å². The largest absolute Gasteiger partial charge is 0.369 e. The molecular formula is C20H22Cl4N10. The van der Waals surface area contributed by atoms with Crippen molar-refractivity contribution in [1.29, 1.82) is 0 Å². The van der Waals surface area contributed by atoms with Crippen molar-refractivity contribution in [3.05, 3.63) is 56.5 Å². The van der Waals surface area contributed by atoms with Crippen molar-refractivity contribution in [2.75, 3.05) is 26.2 Å². The van der Waals surface area contributed by atoms with Crippen LogP contribution in [0.5, 0.6) is 0 Å². The Labute approximate surface area is 216 Å². The van der Waals surface area contributed by atoms with E-state index in [1.807, 2.05) is 9.80 Å². The third-order valence-corrected chi connectivity index (χ3v) is 5.75. The minimum Gasteiger partial charge on any atom is -0.369 e. The zero-order valence-electron chi connectivity index (χ0n) is 17.8. The Kier molecular flexibility index (Phi) is 8.67. The van der Waals surface area contributed by atoms with Gasteiger partial charge in [-0.1, -0.05) is 46.4 Å². The van der Waals surface area contributed by atoms with E-state index in [1.54, 1.807) is 36.4 Å². The van der Waals surface area contributed by atoms with Gasteiger partial charge < -0.3 is 32.7 Å². The fraction of sp³-hybridized carbons (Fsp3) is 0.200. The van der Waals surface area contributed by atoms with Crippen molar-refractivity contribution in [2.24, 2.45) is 42.9 Å². The van der Waals surface area contributed by atoms with Crippen molar-refractivity contribution >= 4 is 81.6 Å². The molecule has 1 fully saturated rings. The molecule has 0 unspecified atom stereocenters. The first-order chi connectivity index (χ1) is 16.1. The van der Waals surface area contributed by atoms with E-state index in [-0.39, 0.29) is 23.8 Å². The molecule has 14 heteroatoms. The maximum Gasteiger partial charge on any atom is 0.223 e. The van der Waals surface area contributed by atoms with Crippen LogP contribution in [0.2, 0.25) is 20.1 Å². The van der Waals surface area contributed by atoms with E-state index in [9.17, 15) is 0 Å². The van der Waals surface area contributed by atoms with Crippen LogP contribution >= 0.6 is 46.4 Å². The lowest BCUT2D eigenvalue weighted by atomic mass is 10.3. The first-order valence-electron chi connectivity index (χ1n) is 9.89. The van der Waals surface area contributed by atoms with Crippen molar-refractivity contribution in [3.8, 4) is 0 Å². The summed E-state index contributed by atoms with van der Waals surface area (Å²) in [5.41, 5.74) is 24.9. The third kappa shape index (κ3) is 7.04. The maximum absolute atomic E-state index is 6.10. The molecule has 0 amide bonds. The summed E-state index contributed by atoms with van der Waals surface area (Å²) >= 11 is 24.0. The molecule has 2 aromatic rings. The Morgan fingerprint density at radius 2 is 0.971 bits per heavy atom. The van der Waals surface area contributed by atoms with Gasteiger partial charge in [0.2, 0.25) is 11.9 Å². The highest BCUT2D eigenvalue weighted by Gasteiger charge is 2.20. The molecule has 0 saturated carbocycles. The third-order valence-electron chi connectivity index (χ3n) is 4.68. The minimum absolute atomic E-state index is 0.0323. The van der Waals surface area contributed by atoms with Crippen LogP contribution in [0, 0.1) is 0 Å². The summed E-state index contributed by atoms with van der Waals surface area (Å²) in [5.74, 6) is 0.380. The molecule has 10 nitrogen and oxygen atoms in total. The minimum atomic E-state index is -0.0323. The summed E-state index contributed by atoms with van der Waals surface area (Å²) in [6.45, 7) is 2.11. The van der Waals surface area contributed by atoms with Crippen LogP contribution in [-0.4, -0.2) is 59.8 Å². The number of rotatable bonds is 2. The van der Waals surface area contributed by atoms with Gasteiger partial charge in [0.15, 0.2) is 11.9 Å². The second-order valence-electron chi connectivity index (χ2n) is 7.05. The smallest absolute Gasteiger partial charge is 0.223 e. The van der Waals surface area contributed by atoms with E-state index in [0.29, 0.717) is 57.6 Å². The normalized spacial score (nSPS) is 16.2. The molecule has 180 valence electrons. The van der Waals surface area contributed by atoms with Crippen LogP contribution in [0.25, 0.3) is 0 Å². The average Bonchev–Trinajstić information content (AvgIpc) is 2.77. The van der Waals surface area contributed by atoms with Gasteiger partial charge in [-0.2, -0.15) is 9.98 Å². The quantitative estimate of drug-likeness (QED) is 0.336. The lowest BCUT2D eigenvalue weighted by Gasteiger charge is -2.35. The van der Waals surface area contributed by atoms with E-state index in [2.05, 4.69) is 20.0 Å². The second kappa shape index (κ2) is 11.5. The monoisotopic (exact) mass is 542 g/mol. The summed E-state index contributed by atoms with van der Waals surface area (Å²) in [7, 11) is 0. The number of nitrogens with two attached hydrogens (primary N) is 4. The molecule has 0 aromatic heterocycles. The fourth-order valence-corrected chi connectivity index (χ4v) is 3.88. The number of guanidine groups is 4. The molecule has 1 saturated heterocycles. The highest BCUT2D eigenvalue weighted by atomic mass is 35.5. The molecule has 0 bridgehead atoms. The van der Waals surface area contributed by atoms with Gasteiger partial charge in [-0.25, -0.2) is 9.98 Å². The number of nitrogens with zero attached hydrogens (tertiary/aromatic N) is 6. The summed E-state index contributed by atoms with van der Waals surface area (Å²) < 4.78 is 0. The molecule has 1 aliphatic rings. The molecular weight excluding hydrogens is 522 g/mol. The standard InChI is InChI=1S/C20H22Cl4N10/c21-11-1-3-15(13(23)9-11)29-17(25)31-19(27)33-5-7-34(8-6-33)20(28)32-18(26)30-16-4-2-12(22)10-14(16)24/h1-4,9-10H,5-8H2,(H4,25,27,29,31)(H4,26,28,30,32). The summed E-state index contributed by atoms with van der Waals surface area (Å²) in [6, 6.07) is 9.71. The van der Waals surface area contributed by atoms with Crippen molar-refractivity contribution in [3.63, 3.8) is 0 Å². The number of aliphatic imine (C=N–C) groups is 4. The Morgan fingerprint density at radius 3 is 1.29 bits per heavy atom. The molecule has 34 heavy (non-hydrogen) atoms. The molecule has 8 N–H and O–H groups in total. The lowest BCUT2D eigenvalue weighted by Crippen LogP contribution is -2.54. The van der Waals surface area contributed by atoms with E-state index in [4.69, 9.17) is 69.3 Å².